The van der Waals surface area contributed by atoms with Crippen LogP contribution in [-0.4, -0.2) is 21.8 Å². The van der Waals surface area contributed by atoms with Gasteiger partial charge in [0.05, 0.1) is 5.92 Å². The molecule has 1 N–H and O–H groups in total. The molecule has 76 valence electrons. The van der Waals surface area contributed by atoms with Crippen molar-refractivity contribution in [1.82, 2.24) is 4.98 Å². The monoisotopic (exact) mass is 229 g/mol. The summed E-state index contributed by atoms with van der Waals surface area (Å²) in [6.07, 6.45) is 1.73. The fraction of sp³-hybridized carbons (Fsp3) is 0.333. The predicted molar refractivity (Wildman–Crippen MR) is 59.4 cm³/mol. The molecular formula is C9H11NO2S2. The van der Waals surface area contributed by atoms with Gasteiger partial charge < -0.3 is 5.11 Å². The molecule has 0 radical (unpaired) electrons. The van der Waals surface area contributed by atoms with Crippen molar-refractivity contribution in [2.45, 2.75) is 11.9 Å². The first-order valence-corrected chi connectivity index (χ1v) is 6.45. The van der Waals surface area contributed by atoms with E-state index in [1.807, 2.05) is 18.2 Å². The van der Waals surface area contributed by atoms with Gasteiger partial charge >= 0.3 is 5.97 Å². The van der Waals surface area contributed by atoms with E-state index in [-0.39, 0.29) is 5.92 Å². The summed E-state index contributed by atoms with van der Waals surface area (Å²) in [4.78, 5) is 14.6. The third-order valence-electron chi connectivity index (χ3n) is 1.52. The third kappa shape index (κ3) is 4.02. The van der Waals surface area contributed by atoms with Crippen molar-refractivity contribution >= 4 is 27.6 Å². The molecule has 0 fully saturated rings. The number of hydrogen-bond donors (Lipinski definition) is 1. The molecule has 0 amide bonds. The molecule has 0 bridgehead atoms. The highest BCUT2D eigenvalue weighted by Gasteiger charge is 2.10. The molecule has 1 atom stereocenters. The average Bonchev–Trinajstić information content (AvgIpc) is 2.19. The van der Waals surface area contributed by atoms with Crippen LogP contribution < -0.4 is 0 Å². The minimum Gasteiger partial charge on any atom is -0.481 e. The molecular weight excluding hydrogens is 218 g/mol. The zero-order valence-electron chi connectivity index (χ0n) is 7.71. The Kier molecular flexibility index (Phi) is 4.82. The lowest BCUT2D eigenvalue weighted by Crippen LogP contribution is -2.11. The van der Waals surface area contributed by atoms with Crippen molar-refractivity contribution in [2.75, 3.05) is 5.75 Å². The van der Waals surface area contributed by atoms with Crippen LogP contribution in [0.3, 0.4) is 0 Å². The molecule has 1 heterocycles. The minimum absolute atomic E-state index is 0.309. The van der Waals surface area contributed by atoms with E-state index in [1.165, 1.54) is 21.6 Å². The summed E-state index contributed by atoms with van der Waals surface area (Å²) in [5, 5.41) is 9.55. The Morgan fingerprint density at radius 3 is 3.00 bits per heavy atom. The van der Waals surface area contributed by atoms with Gasteiger partial charge in [-0.2, -0.15) is 0 Å². The van der Waals surface area contributed by atoms with E-state index in [1.54, 1.807) is 13.1 Å². The maximum Gasteiger partial charge on any atom is 0.307 e. The van der Waals surface area contributed by atoms with Crippen LogP contribution in [0.25, 0.3) is 0 Å². The van der Waals surface area contributed by atoms with Gasteiger partial charge in [-0.1, -0.05) is 23.8 Å². The summed E-state index contributed by atoms with van der Waals surface area (Å²) >= 11 is 0. The number of aliphatic carboxylic acids is 1. The van der Waals surface area contributed by atoms with Crippen LogP contribution in [0.1, 0.15) is 6.92 Å². The highest BCUT2D eigenvalue weighted by atomic mass is 33.1. The highest BCUT2D eigenvalue weighted by Crippen LogP contribution is 2.30. The number of hydrogen-bond acceptors (Lipinski definition) is 4. The van der Waals surface area contributed by atoms with E-state index < -0.39 is 5.97 Å². The normalized spacial score (nSPS) is 12.4. The second-order valence-corrected chi connectivity index (χ2v) is 5.14. The third-order valence-corrected chi connectivity index (χ3v) is 3.96. The Labute approximate surface area is 90.7 Å². The van der Waals surface area contributed by atoms with Crippen molar-refractivity contribution in [3.63, 3.8) is 0 Å². The van der Waals surface area contributed by atoms with Gasteiger partial charge in [-0.05, 0) is 22.9 Å². The molecule has 0 spiro atoms. The topological polar surface area (TPSA) is 50.2 Å². The SMILES string of the molecule is C[C@@H](CSSc1ccccn1)C(=O)O. The van der Waals surface area contributed by atoms with Crippen molar-refractivity contribution in [3.8, 4) is 0 Å². The quantitative estimate of drug-likeness (QED) is 0.786. The number of carboxylic acid groups (broad SMARTS) is 1. The van der Waals surface area contributed by atoms with Gasteiger partial charge in [-0.3, -0.25) is 4.79 Å². The summed E-state index contributed by atoms with van der Waals surface area (Å²) in [5.41, 5.74) is 0. The van der Waals surface area contributed by atoms with Gasteiger partial charge in [0.25, 0.3) is 0 Å². The van der Waals surface area contributed by atoms with Crippen LogP contribution in [0.2, 0.25) is 0 Å². The van der Waals surface area contributed by atoms with E-state index in [4.69, 9.17) is 5.11 Å². The number of carboxylic acids is 1. The summed E-state index contributed by atoms with van der Waals surface area (Å²) in [5.74, 6) is -0.466. The van der Waals surface area contributed by atoms with E-state index in [2.05, 4.69) is 4.98 Å². The zero-order valence-corrected chi connectivity index (χ0v) is 9.35. The van der Waals surface area contributed by atoms with Crippen LogP contribution in [-0.2, 0) is 4.79 Å². The molecule has 0 aromatic carbocycles. The van der Waals surface area contributed by atoms with Crippen molar-refractivity contribution < 1.29 is 9.90 Å². The number of nitrogens with zero attached hydrogens (tertiary/aromatic N) is 1. The minimum atomic E-state index is -0.751. The first kappa shape index (κ1) is 11.4. The van der Waals surface area contributed by atoms with E-state index >= 15 is 0 Å². The lowest BCUT2D eigenvalue weighted by atomic mass is 10.2. The van der Waals surface area contributed by atoms with Crippen molar-refractivity contribution in [1.29, 1.82) is 0 Å². The Hall–Kier alpha value is -0.680. The standard InChI is InChI=1S/C9H11NO2S2/c1-7(9(11)12)6-13-14-8-4-2-3-5-10-8/h2-5,7H,6H2,1H3,(H,11,12)/t7-/m0/s1. The second-order valence-electron chi connectivity index (χ2n) is 2.78. The van der Waals surface area contributed by atoms with E-state index in [0.29, 0.717) is 5.75 Å². The molecule has 1 aromatic rings. The van der Waals surface area contributed by atoms with Gasteiger partial charge in [0.15, 0.2) is 0 Å². The molecule has 0 aliphatic heterocycles. The Morgan fingerprint density at radius 2 is 2.43 bits per heavy atom. The maximum absolute atomic E-state index is 10.5. The first-order chi connectivity index (χ1) is 6.70. The molecule has 1 aromatic heterocycles. The number of rotatable bonds is 5. The Morgan fingerprint density at radius 1 is 1.64 bits per heavy atom. The summed E-state index contributed by atoms with van der Waals surface area (Å²) in [6.45, 7) is 1.70. The molecule has 0 aliphatic rings. The van der Waals surface area contributed by atoms with Crippen LogP contribution in [0, 0.1) is 5.92 Å². The van der Waals surface area contributed by atoms with Gasteiger partial charge in [0, 0.05) is 11.9 Å². The largest absolute Gasteiger partial charge is 0.481 e. The maximum atomic E-state index is 10.5. The van der Waals surface area contributed by atoms with Gasteiger partial charge in [-0.25, -0.2) is 4.98 Å². The molecule has 0 aliphatic carbocycles. The molecule has 0 unspecified atom stereocenters. The zero-order chi connectivity index (χ0) is 10.4. The van der Waals surface area contributed by atoms with Crippen molar-refractivity contribution in [3.05, 3.63) is 24.4 Å². The molecule has 14 heavy (non-hydrogen) atoms. The summed E-state index contributed by atoms with van der Waals surface area (Å²) < 4.78 is 0. The fourth-order valence-electron chi connectivity index (χ4n) is 0.664. The van der Waals surface area contributed by atoms with E-state index in [0.717, 1.165) is 5.03 Å². The van der Waals surface area contributed by atoms with E-state index in [9.17, 15) is 4.79 Å². The van der Waals surface area contributed by atoms with Crippen molar-refractivity contribution in [2.24, 2.45) is 5.92 Å². The summed E-state index contributed by atoms with van der Waals surface area (Å²) in [7, 11) is 3.02. The highest BCUT2D eigenvalue weighted by molar-refractivity contribution is 8.76. The van der Waals surface area contributed by atoms with Gasteiger partial charge in [0.2, 0.25) is 0 Å². The second kappa shape index (κ2) is 5.93. The van der Waals surface area contributed by atoms with Gasteiger partial charge in [0.1, 0.15) is 5.03 Å². The first-order valence-electron chi connectivity index (χ1n) is 4.13. The molecule has 1 rings (SSSR count). The van der Waals surface area contributed by atoms with Crippen LogP contribution in [0.4, 0.5) is 0 Å². The lowest BCUT2D eigenvalue weighted by Gasteiger charge is -2.03. The Balaban J connectivity index is 2.26. The molecule has 3 nitrogen and oxygen atoms in total. The smallest absolute Gasteiger partial charge is 0.307 e. The molecule has 0 saturated heterocycles. The summed E-state index contributed by atoms with van der Waals surface area (Å²) in [6, 6.07) is 5.67. The van der Waals surface area contributed by atoms with Crippen LogP contribution >= 0.6 is 21.6 Å². The Bertz CT molecular complexity index is 292. The number of carbonyl (C=O) groups is 1. The lowest BCUT2D eigenvalue weighted by molar-refractivity contribution is -0.140. The number of aromatic nitrogens is 1. The predicted octanol–water partition coefficient (Wildman–Crippen LogP) is 2.54. The molecule has 0 saturated carbocycles. The number of pyridine rings is 1. The van der Waals surface area contributed by atoms with Gasteiger partial charge in [-0.15, -0.1) is 0 Å². The molecule has 5 heteroatoms. The van der Waals surface area contributed by atoms with Crippen LogP contribution in [0.5, 0.6) is 0 Å². The fourth-order valence-corrected chi connectivity index (χ4v) is 2.91. The van der Waals surface area contributed by atoms with Crippen LogP contribution in [0.15, 0.2) is 29.4 Å². The average molecular weight is 229 g/mol.